The van der Waals surface area contributed by atoms with E-state index in [1.807, 2.05) is 29.2 Å². The summed E-state index contributed by atoms with van der Waals surface area (Å²) in [5.41, 5.74) is 10.0. The lowest BCUT2D eigenvalue weighted by molar-refractivity contribution is -0.115. The summed E-state index contributed by atoms with van der Waals surface area (Å²) in [7, 11) is 0. The SMILES string of the molecule is CCC(C)c1ccc(NC(=O)CN2CCCc3c(C(N)=O)cccc32)cc1. The van der Waals surface area contributed by atoms with Gasteiger partial charge in [-0.15, -0.1) is 0 Å². The molecule has 1 unspecified atom stereocenters. The van der Waals surface area contributed by atoms with Crippen molar-refractivity contribution in [3.05, 3.63) is 59.2 Å². The quantitative estimate of drug-likeness (QED) is 0.820. The number of hydrogen-bond acceptors (Lipinski definition) is 3. The van der Waals surface area contributed by atoms with Crippen LogP contribution in [0.2, 0.25) is 0 Å². The molecular formula is C22H27N3O2. The van der Waals surface area contributed by atoms with Crippen molar-refractivity contribution in [2.24, 2.45) is 5.73 Å². The third-order valence-electron chi connectivity index (χ3n) is 5.32. The molecule has 0 aromatic heterocycles. The van der Waals surface area contributed by atoms with Gasteiger partial charge >= 0.3 is 0 Å². The molecule has 5 nitrogen and oxygen atoms in total. The number of nitrogens with one attached hydrogen (secondary N) is 1. The zero-order chi connectivity index (χ0) is 19.4. The summed E-state index contributed by atoms with van der Waals surface area (Å²) in [6.07, 6.45) is 2.80. The van der Waals surface area contributed by atoms with Crippen LogP contribution in [0.4, 0.5) is 11.4 Å². The Kier molecular flexibility index (Phi) is 5.79. The van der Waals surface area contributed by atoms with Crippen LogP contribution in [-0.2, 0) is 11.2 Å². The van der Waals surface area contributed by atoms with Gasteiger partial charge in [-0.25, -0.2) is 0 Å². The van der Waals surface area contributed by atoms with Crippen molar-refractivity contribution in [1.29, 1.82) is 0 Å². The van der Waals surface area contributed by atoms with Gasteiger partial charge in [0.15, 0.2) is 0 Å². The lowest BCUT2D eigenvalue weighted by Crippen LogP contribution is -2.37. The molecule has 0 radical (unpaired) electrons. The van der Waals surface area contributed by atoms with E-state index in [2.05, 4.69) is 31.3 Å². The first-order valence-electron chi connectivity index (χ1n) is 9.56. The van der Waals surface area contributed by atoms with Crippen LogP contribution < -0.4 is 16.0 Å². The summed E-state index contributed by atoms with van der Waals surface area (Å²) in [5.74, 6) is 0.0298. The Bertz CT molecular complexity index is 830. The lowest BCUT2D eigenvalue weighted by Gasteiger charge is -2.31. The fourth-order valence-electron chi connectivity index (χ4n) is 3.60. The van der Waals surface area contributed by atoms with Gasteiger partial charge in [-0.05, 0) is 60.6 Å². The monoisotopic (exact) mass is 365 g/mol. The molecule has 3 rings (SSSR count). The van der Waals surface area contributed by atoms with Crippen LogP contribution in [-0.4, -0.2) is 24.9 Å². The maximum Gasteiger partial charge on any atom is 0.249 e. The van der Waals surface area contributed by atoms with Gasteiger partial charge in [-0.2, -0.15) is 0 Å². The number of rotatable bonds is 6. The van der Waals surface area contributed by atoms with Crippen molar-refractivity contribution in [1.82, 2.24) is 0 Å². The number of amides is 2. The van der Waals surface area contributed by atoms with Crippen LogP contribution in [0.1, 0.15) is 54.1 Å². The first kappa shape index (κ1) is 19.0. The van der Waals surface area contributed by atoms with Gasteiger partial charge in [0, 0.05) is 23.5 Å². The van der Waals surface area contributed by atoms with Crippen LogP contribution in [0.5, 0.6) is 0 Å². The summed E-state index contributed by atoms with van der Waals surface area (Å²) in [4.78, 5) is 26.2. The number of fused-ring (bicyclic) bond motifs is 1. The summed E-state index contributed by atoms with van der Waals surface area (Å²) < 4.78 is 0. The fraction of sp³-hybridized carbons (Fsp3) is 0.364. The predicted octanol–water partition coefficient (Wildman–Crippen LogP) is 3.69. The Morgan fingerprint density at radius 2 is 1.93 bits per heavy atom. The normalized spacial score (nSPS) is 14.4. The van der Waals surface area contributed by atoms with Crippen LogP contribution in [0, 0.1) is 0 Å². The molecule has 1 heterocycles. The second-order valence-corrected chi connectivity index (χ2v) is 7.17. The fourth-order valence-corrected chi connectivity index (χ4v) is 3.60. The van der Waals surface area contributed by atoms with E-state index in [0.29, 0.717) is 11.5 Å². The maximum atomic E-state index is 12.5. The molecule has 0 aliphatic carbocycles. The van der Waals surface area contributed by atoms with Gasteiger partial charge < -0.3 is 16.0 Å². The third-order valence-corrected chi connectivity index (χ3v) is 5.32. The van der Waals surface area contributed by atoms with Gasteiger partial charge in [-0.3, -0.25) is 9.59 Å². The Morgan fingerprint density at radius 3 is 2.59 bits per heavy atom. The number of hydrogen-bond donors (Lipinski definition) is 2. The van der Waals surface area contributed by atoms with Gasteiger partial charge in [0.05, 0.1) is 6.54 Å². The van der Waals surface area contributed by atoms with Gasteiger partial charge in [0.1, 0.15) is 0 Å². The highest BCUT2D eigenvalue weighted by Crippen LogP contribution is 2.29. The molecule has 1 aliphatic heterocycles. The highest BCUT2D eigenvalue weighted by atomic mass is 16.2. The summed E-state index contributed by atoms with van der Waals surface area (Å²) in [6.45, 7) is 5.40. The number of anilines is 2. The van der Waals surface area contributed by atoms with E-state index in [4.69, 9.17) is 5.73 Å². The average molecular weight is 365 g/mol. The van der Waals surface area contributed by atoms with Crippen LogP contribution in [0.25, 0.3) is 0 Å². The van der Waals surface area contributed by atoms with Gasteiger partial charge in [-0.1, -0.05) is 32.0 Å². The molecule has 2 aromatic carbocycles. The Labute approximate surface area is 160 Å². The van der Waals surface area contributed by atoms with Crippen LogP contribution in [0.3, 0.4) is 0 Å². The van der Waals surface area contributed by atoms with E-state index in [-0.39, 0.29) is 12.5 Å². The summed E-state index contributed by atoms with van der Waals surface area (Å²) in [5, 5.41) is 2.97. The molecule has 0 saturated carbocycles. The highest BCUT2D eigenvalue weighted by Gasteiger charge is 2.22. The van der Waals surface area contributed by atoms with Crippen LogP contribution >= 0.6 is 0 Å². The van der Waals surface area contributed by atoms with Gasteiger partial charge in [0.25, 0.3) is 0 Å². The molecule has 0 bridgehead atoms. The molecule has 27 heavy (non-hydrogen) atoms. The maximum absolute atomic E-state index is 12.5. The molecule has 2 aromatic rings. The Hall–Kier alpha value is -2.82. The van der Waals surface area contributed by atoms with E-state index in [1.165, 1.54) is 5.56 Å². The highest BCUT2D eigenvalue weighted by molar-refractivity contribution is 5.97. The predicted molar refractivity (Wildman–Crippen MR) is 109 cm³/mol. The number of carbonyl (C=O) groups excluding carboxylic acids is 2. The second-order valence-electron chi connectivity index (χ2n) is 7.17. The zero-order valence-electron chi connectivity index (χ0n) is 16.0. The van der Waals surface area contributed by atoms with Crippen molar-refractivity contribution < 1.29 is 9.59 Å². The zero-order valence-corrected chi connectivity index (χ0v) is 16.0. The van der Waals surface area contributed by atoms with Crippen molar-refractivity contribution in [3.63, 3.8) is 0 Å². The molecule has 1 aliphatic rings. The van der Waals surface area contributed by atoms with E-state index >= 15 is 0 Å². The van der Waals surface area contributed by atoms with E-state index in [1.54, 1.807) is 6.07 Å². The minimum Gasteiger partial charge on any atom is -0.366 e. The van der Waals surface area contributed by atoms with Crippen molar-refractivity contribution in [2.75, 3.05) is 23.3 Å². The number of primary amides is 1. The average Bonchev–Trinajstić information content (AvgIpc) is 2.67. The number of benzene rings is 2. The molecule has 5 heteroatoms. The largest absolute Gasteiger partial charge is 0.366 e. The van der Waals surface area contributed by atoms with Crippen molar-refractivity contribution >= 4 is 23.2 Å². The molecule has 3 N–H and O–H groups in total. The Morgan fingerprint density at radius 1 is 1.19 bits per heavy atom. The minimum absolute atomic E-state index is 0.0661. The molecular weight excluding hydrogens is 338 g/mol. The molecule has 0 saturated heterocycles. The minimum atomic E-state index is -0.417. The van der Waals surface area contributed by atoms with Gasteiger partial charge in [0.2, 0.25) is 11.8 Å². The summed E-state index contributed by atoms with van der Waals surface area (Å²) >= 11 is 0. The third kappa shape index (κ3) is 4.30. The van der Waals surface area contributed by atoms with Crippen molar-refractivity contribution in [3.8, 4) is 0 Å². The molecule has 0 spiro atoms. The molecule has 2 amide bonds. The smallest absolute Gasteiger partial charge is 0.249 e. The van der Waals surface area contributed by atoms with Crippen LogP contribution in [0.15, 0.2) is 42.5 Å². The van der Waals surface area contributed by atoms with E-state index in [0.717, 1.165) is 42.7 Å². The standard InChI is InChI=1S/C22H27N3O2/c1-3-15(2)16-9-11-17(12-10-16)24-21(26)14-25-13-5-7-18-19(22(23)27)6-4-8-20(18)25/h4,6,8-12,15H,3,5,7,13-14H2,1-2H3,(H2,23,27)(H,24,26). The van der Waals surface area contributed by atoms with E-state index in [9.17, 15) is 9.59 Å². The second kappa shape index (κ2) is 8.25. The first-order valence-corrected chi connectivity index (χ1v) is 9.56. The van der Waals surface area contributed by atoms with Crippen molar-refractivity contribution in [2.45, 2.75) is 39.0 Å². The first-order chi connectivity index (χ1) is 13.0. The number of carbonyl (C=O) groups is 2. The molecule has 0 fully saturated rings. The Balaban J connectivity index is 1.69. The molecule has 142 valence electrons. The number of nitrogens with zero attached hydrogens (tertiary/aromatic N) is 1. The lowest BCUT2D eigenvalue weighted by atomic mass is 9.96. The number of nitrogens with two attached hydrogens (primary N) is 1. The topological polar surface area (TPSA) is 75.4 Å². The van der Waals surface area contributed by atoms with E-state index < -0.39 is 5.91 Å². The summed E-state index contributed by atoms with van der Waals surface area (Å²) in [6, 6.07) is 13.6. The molecule has 1 atom stereocenters.